The maximum Gasteiger partial charge on any atom is 0.534 e. The highest BCUT2D eigenvalue weighted by atomic mass is 32.2. The number of carbonyl (C=O) groups excluding carboxylic acids is 1. The van der Waals surface area contributed by atoms with Crippen LogP contribution in [0.2, 0.25) is 0 Å². The van der Waals surface area contributed by atoms with Crippen LogP contribution in [0.4, 0.5) is 13.2 Å². The number of aryl methyl sites for hydroxylation is 1. The summed E-state index contributed by atoms with van der Waals surface area (Å²) in [7, 11) is -5.83. The van der Waals surface area contributed by atoms with Crippen LogP contribution in [0, 0.1) is 12.3 Å². The van der Waals surface area contributed by atoms with Crippen molar-refractivity contribution < 1.29 is 40.0 Å². The third-order valence-corrected chi connectivity index (χ3v) is 4.51. The molecule has 2 rings (SSSR count). The minimum Gasteiger partial charge on any atom is -0.492 e. The van der Waals surface area contributed by atoms with Gasteiger partial charge in [-0.2, -0.15) is 21.6 Å². The van der Waals surface area contributed by atoms with Gasteiger partial charge in [0.05, 0.1) is 17.6 Å². The number of carbonyl (C=O) groups is 1. The molecule has 0 aliphatic carbocycles. The summed E-state index contributed by atoms with van der Waals surface area (Å²) in [6.45, 7) is 6.65. The Labute approximate surface area is 155 Å². The van der Waals surface area contributed by atoms with Crippen LogP contribution < -0.4 is 9.47 Å². The van der Waals surface area contributed by atoms with Crippen molar-refractivity contribution in [2.45, 2.75) is 39.6 Å². The summed E-state index contributed by atoms with van der Waals surface area (Å²) in [5.41, 5.74) is -5.91. The molecule has 0 radical (unpaired) electrons. The minimum atomic E-state index is -5.83. The Bertz CT molecular complexity index is 879. The lowest BCUT2D eigenvalue weighted by molar-refractivity contribution is -0.143. The van der Waals surface area contributed by atoms with Crippen molar-refractivity contribution >= 4 is 21.8 Å². The highest BCUT2D eigenvalue weighted by Gasteiger charge is 2.49. The van der Waals surface area contributed by atoms with Gasteiger partial charge in [-0.1, -0.05) is 0 Å². The fourth-order valence-electron chi connectivity index (χ4n) is 2.06. The molecule has 0 atom stereocenters. The molecule has 0 spiro atoms. The fraction of sp³-hybridized carbons (Fsp3) is 0.471. The zero-order valence-electron chi connectivity index (χ0n) is 15.1. The number of rotatable bonds is 3. The second-order valence-electron chi connectivity index (χ2n) is 6.94. The largest absolute Gasteiger partial charge is 0.534 e. The lowest BCUT2D eigenvalue weighted by Gasteiger charge is -2.19. The Balaban J connectivity index is 2.43. The molecule has 0 unspecified atom stereocenters. The van der Waals surface area contributed by atoms with Crippen molar-refractivity contribution in [3.63, 3.8) is 0 Å². The average Bonchev–Trinajstić information content (AvgIpc) is 2.68. The van der Waals surface area contributed by atoms with E-state index in [9.17, 15) is 26.4 Å². The fourth-order valence-corrected chi connectivity index (χ4v) is 2.55. The smallest absolute Gasteiger partial charge is 0.492 e. The summed E-state index contributed by atoms with van der Waals surface area (Å²) in [6, 6.07) is 2.68. The van der Waals surface area contributed by atoms with Gasteiger partial charge in [0.25, 0.3) is 0 Å². The quantitative estimate of drug-likeness (QED) is 0.326. The highest BCUT2D eigenvalue weighted by Crippen LogP contribution is 2.39. The predicted molar refractivity (Wildman–Crippen MR) is 90.4 cm³/mol. The number of ether oxygens (including phenoxy) is 2. The maximum atomic E-state index is 12.6. The topological polar surface area (TPSA) is 78.9 Å². The first-order chi connectivity index (χ1) is 12.2. The van der Waals surface area contributed by atoms with E-state index in [1.165, 1.54) is 18.2 Å². The van der Waals surface area contributed by atoms with E-state index in [1.807, 2.05) is 0 Å². The van der Waals surface area contributed by atoms with E-state index in [0.717, 1.165) is 0 Å². The molecule has 0 saturated carbocycles. The number of benzene rings is 1. The second kappa shape index (κ2) is 7.06. The average molecular weight is 408 g/mol. The zero-order chi connectivity index (χ0) is 20.6. The molecular weight excluding hydrogens is 389 g/mol. The molecule has 1 aliphatic heterocycles. The summed E-state index contributed by atoms with van der Waals surface area (Å²) >= 11 is 0. The van der Waals surface area contributed by atoms with Gasteiger partial charge in [0, 0.05) is 12.5 Å². The van der Waals surface area contributed by atoms with E-state index >= 15 is 0 Å². The van der Waals surface area contributed by atoms with E-state index in [2.05, 4.69) is 4.18 Å². The molecule has 1 aromatic carbocycles. The van der Waals surface area contributed by atoms with Crippen LogP contribution in [0.15, 0.2) is 18.2 Å². The molecular formula is C17H19F3O6S. The molecule has 0 amide bonds. The molecule has 0 saturated heterocycles. The van der Waals surface area contributed by atoms with E-state index in [0.29, 0.717) is 5.56 Å². The molecule has 150 valence electrons. The van der Waals surface area contributed by atoms with Gasteiger partial charge >= 0.3 is 21.6 Å². The Morgan fingerprint density at radius 3 is 2.37 bits per heavy atom. The van der Waals surface area contributed by atoms with Gasteiger partial charge in [0.1, 0.15) is 17.3 Å². The summed E-state index contributed by atoms with van der Waals surface area (Å²) in [5, 5.41) is 0. The van der Waals surface area contributed by atoms with Crippen molar-refractivity contribution in [2.75, 3.05) is 6.61 Å². The summed E-state index contributed by atoms with van der Waals surface area (Å²) in [4.78, 5) is 12.1. The van der Waals surface area contributed by atoms with Crippen LogP contribution in [-0.4, -0.2) is 26.5 Å². The number of alkyl halides is 3. The Morgan fingerprint density at radius 2 is 1.81 bits per heavy atom. The Morgan fingerprint density at radius 1 is 1.19 bits per heavy atom. The maximum absolute atomic E-state index is 12.6. The van der Waals surface area contributed by atoms with Crippen LogP contribution >= 0.6 is 0 Å². The molecule has 27 heavy (non-hydrogen) atoms. The summed E-state index contributed by atoms with van der Waals surface area (Å²) in [6.07, 6.45) is 1.34. The number of esters is 1. The van der Waals surface area contributed by atoms with Crippen LogP contribution in [0.3, 0.4) is 0 Å². The third kappa shape index (κ3) is 4.74. The van der Waals surface area contributed by atoms with Gasteiger partial charge in [0.2, 0.25) is 0 Å². The molecule has 1 heterocycles. The van der Waals surface area contributed by atoms with Crippen molar-refractivity contribution in [1.29, 1.82) is 0 Å². The van der Waals surface area contributed by atoms with Gasteiger partial charge in [-0.3, -0.25) is 4.79 Å². The molecule has 0 bridgehead atoms. The van der Waals surface area contributed by atoms with E-state index < -0.39 is 32.8 Å². The molecule has 0 aromatic heterocycles. The predicted octanol–water partition coefficient (Wildman–Crippen LogP) is 3.94. The van der Waals surface area contributed by atoms with Crippen molar-refractivity contribution in [2.24, 2.45) is 5.41 Å². The van der Waals surface area contributed by atoms with Gasteiger partial charge in [-0.25, -0.2) is 0 Å². The third-order valence-electron chi connectivity index (χ3n) is 3.55. The number of halogens is 3. The van der Waals surface area contributed by atoms with E-state index in [4.69, 9.17) is 9.47 Å². The van der Waals surface area contributed by atoms with Crippen LogP contribution in [0.5, 0.6) is 11.5 Å². The lowest BCUT2D eigenvalue weighted by atomic mass is 9.97. The van der Waals surface area contributed by atoms with Gasteiger partial charge in [-0.15, -0.1) is 0 Å². The van der Waals surface area contributed by atoms with Gasteiger partial charge in [0.15, 0.2) is 0 Å². The molecule has 10 heteroatoms. The standard InChI is InChI=1S/C17H19F3O6S/c1-10-8-11-12(26-27(22,23)17(18,19)20)6-5-7-24-14(11)9-13(10)25-15(21)16(2,3)4/h6,8-9H,5,7H2,1-4H3. The molecule has 0 N–H and O–H groups in total. The van der Waals surface area contributed by atoms with Gasteiger partial charge in [-0.05, 0) is 45.4 Å². The first-order valence-electron chi connectivity index (χ1n) is 7.93. The van der Waals surface area contributed by atoms with Crippen molar-refractivity contribution in [3.05, 3.63) is 29.3 Å². The van der Waals surface area contributed by atoms with Crippen molar-refractivity contribution in [3.8, 4) is 11.5 Å². The van der Waals surface area contributed by atoms with Crippen LogP contribution in [0.25, 0.3) is 5.76 Å². The molecule has 0 fully saturated rings. The number of fused-ring (bicyclic) bond motifs is 1. The first kappa shape index (κ1) is 21.1. The normalized spacial score (nSPS) is 15.1. The highest BCUT2D eigenvalue weighted by molar-refractivity contribution is 7.87. The lowest BCUT2D eigenvalue weighted by Crippen LogP contribution is -2.26. The van der Waals surface area contributed by atoms with Crippen LogP contribution in [-0.2, 0) is 19.1 Å². The Kier molecular flexibility index (Phi) is 5.51. The second-order valence-corrected chi connectivity index (χ2v) is 8.48. The molecule has 1 aromatic rings. The van der Waals surface area contributed by atoms with Crippen molar-refractivity contribution in [1.82, 2.24) is 0 Å². The summed E-state index contributed by atoms with van der Waals surface area (Å²) in [5.74, 6) is -0.783. The first-order valence-corrected chi connectivity index (χ1v) is 9.34. The minimum absolute atomic E-state index is 0.0217. The zero-order valence-corrected chi connectivity index (χ0v) is 16.0. The number of hydrogen-bond donors (Lipinski definition) is 0. The number of hydrogen-bond acceptors (Lipinski definition) is 6. The SMILES string of the molecule is Cc1cc2c(cc1OC(=O)C(C)(C)C)OCCC=C2OS(=O)(=O)C(F)(F)F. The molecule has 1 aliphatic rings. The van der Waals surface area contributed by atoms with E-state index in [-0.39, 0.29) is 30.1 Å². The molecule has 6 nitrogen and oxygen atoms in total. The summed E-state index contributed by atoms with van der Waals surface area (Å²) < 4.78 is 75.7. The monoisotopic (exact) mass is 408 g/mol. The Hall–Kier alpha value is -2.23. The van der Waals surface area contributed by atoms with Gasteiger partial charge < -0.3 is 13.7 Å². The van der Waals surface area contributed by atoms with E-state index in [1.54, 1.807) is 27.7 Å². The van der Waals surface area contributed by atoms with Crippen LogP contribution in [0.1, 0.15) is 38.3 Å².